The molecular formula is C10H18N4. The zero-order chi connectivity index (χ0) is 10.6. The summed E-state index contributed by atoms with van der Waals surface area (Å²) in [6, 6.07) is 1.95. The lowest BCUT2D eigenvalue weighted by molar-refractivity contribution is 0.548. The van der Waals surface area contributed by atoms with E-state index in [1.807, 2.05) is 19.9 Å². The standard InChI is InChI=1S/C10H18N4/c1-4-8-5-9(14-7-13-8)12-6-10(2,3)11/h5,7H,4,6,11H2,1-3H3,(H,12,13,14). The zero-order valence-electron chi connectivity index (χ0n) is 9.04. The van der Waals surface area contributed by atoms with Crippen molar-refractivity contribution in [2.24, 2.45) is 5.73 Å². The average Bonchev–Trinajstić information content (AvgIpc) is 2.14. The Hall–Kier alpha value is -1.16. The molecule has 4 heteroatoms. The molecular weight excluding hydrogens is 176 g/mol. The normalized spacial score (nSPS) is 11.4. The van der Waals surface area contributed by atoms with Crippen LogP contribution in [0.3, 0.4) is 0 Å². The van der Waals surface area contributed by atoms with E-state index < -0.39 is 0 Å². The summed E-state index contributed by atoms with van der Waals surface area (Å²) >= 11 is 0. The summed E-state index contributed by atoms with van der Waals surface area (Å²) in [6.45, 7) is 6.72. The molecule has 0 amide bonds. The van der Waals surface area contributed by atoms with Crippen molar-refractivity contribution < 1.29 is 0 Å². The molecule has 4 nitrogen and oxygen atoms in total. The lowest BCUT2D eigenvalue weighted by atomic mass is 10.1. The Kier molecular flexibility index (Phi) is 3.41. The highest BCUT2D eigenvalue weighted by Gasteiger charge is 2.09. The molecule has 1 heterocycles. The predicted molar refractivity (Wildman–Crippen MR) is 58.2 cm³/mol. The summed E-state index contributed by atoms with van der Waals surface area (Å²) in [5.74, 6) is 0.843. The third kappa shape index (κ3) is 3.70. The van der Waals surface area contributed by atoms with Gasteiger partial charge in [0.05, 0.1) is 0 Å². The SMILES string of the molecule is CCc1cc(NCC(C)(C)N)ncn1. The van der Waals surface area contributed by atoms with Crippen LogP contribution in [-0.2, 0) is 6.42 Å². The Bertz CT molecular complexity index is 290. The molecule has 0 fully saturated rings. The minimum Gasteiger partial charge on any atom is -0.368 e. The van der Waals surface area contributed by atoms with Crippen LogP contribution in [-0.4, -0.2) is 22.1 Å². The molecule has 1 rings (SSSR count). The van der Waals surface area contributed by atoms with Gasteiger partial charge in [0, 0.05) is 23.8 Å². The van der Waals surface area contributed by atoms with Gasteiger partial charge in [-0.3, -0.25) is 0 Å². The second kappa shape index (κ2) is 4.37. The summed E-state index contributed by atoms with van der Waals surface area (Å²) in [5, 5.41) is 3.18. The van der Waals surface area contributed by atoms with Gasteiger partial charge >= 0.3 is 0 Å². The fraction of sp³-hybridized carbons (Fsp3) is 0.600. The van der Waals surface area contributed by atoms with E-state index in [1.165, 1.54) is 0 Å². The lowest BCUT2D eigenvalue weighted by Crippen LogP contribution is -2.39. The molecule has 0 aliphatic carbocycles. The number of aromatic nitrogens is 2. The Labute approximate surface area is 85.0 Å². The molecule has 0 spiro atoms. The van der Waals surface area contributed by atoms with E-state index in [-0.39, 0.29) is 5.54 Å². The van der Waals surface area contributed by atoms with Crippen molar-refractivity contribution in [2.75, 3.05) is 11.9 Å². The highest BCUT2D eigenvalue weighted by Crippen LogP contribution is 2.06. The molecule has 3 N–H and O–H groups in total. The van der Waals surface area contributed by atoms with Gasteiger partial charge in [0.15, 0.2) is 0 Å². The molecule has 0 radical (unpaired) electrons. The summed E-state index contributed by atoms with van der Waals surface area (Å²) in [6.07, 6.45) is 2.49. The monoisotopic (exact) mass is 194 g/mol. The van der Waals surface area contributed by atoms with Crippen molar-refractivity contribution in [3.8, 4) is 0 Å². The highest BCUT2D eigenvalue weighted by molar-refractivity contribution is 5.35. The first-order chi connectivity index (χ1) is 6.51. The maximum atomic E-state index is 5.85. The van der Waals surface area contributed by atoms with Crippen LogP contribution in [0.5, 0.6) is 0 Å². The number of aryl methyl sites for hydroxylation is 1. The van der Waals surface area contributed by atoms with Gasteiger partial charge in [0.25, 0.3) is 0 Å². The summed E-state index contributed by atoms with van der Waals surface area (Å²) in [7, 11) is 0. The molecule has 0 bridgehead atoms. The van der Waals surface area contributed by atoms with E-state index in [0.29, 0.717) is 6.54 Å². The van der Waals surface area contributed by atoms with Crippen LogP contribution in [0.2, 0.25) is 0 Å². The first-order valence-corrected chi connectivity index (χ1v) is 4.85. The fourth-order valence-corrected chi connectivity index (χ4v) is 1.01. The maximum Gasteiger partial charge on any atom is 0.129 e. The number of nitrogens with two attached hydrogens (primary N) is 1. The van der Waals surface area contributed by atoms with E-state index in [1.54, 1.807) is 6.33 Å². The molecule has 1 aromatic heterocycles. The molecule has 78 valence electrons. The number of hydrogen-bond acceptors (Lipinski definition) is 4. The molecule has 0 aliphatic heterocycles. The van der Waals surface area contributed by atoms with Crippen molar-refractivity contribution in [3.05, 3.63) is 18.1 Å². The van der Waals surface area contributed by atoms with Gasteiger partial charge in [-0.2, -0.15) is 0 Å². The molecule has 0 saturated heterocycles. The van der Waals surface area contributed by atoms with Crippen LogP contribution >= 0.6 is 0 Å². The molecule has 14 heavy (non-hydrogen) atoms. The van der Waals surface area contributed by atoms with E-state index in [0.717, 1.165) is 17.9 Å². The predicted octanol–water partition coefficient (Wildman–Crippen LogP) is 1.19. The largest absolute Gasteiger partial charge is 0.368 e. The van der Waals surface area contributed by atoms with E-state index in [2.05, 4.69) is 22.2 Å². The van der Waals surface area contributed by atoms with Crippen LogP contribution in [0.25, 0.3) is 0 Å². The van der Waals surface area contributed by atoms with Crippen LogP contribution in [0.4, 0.5) is 5.82 Å². The first-order valence-electron chi connectivity index (χ1n) is 4.85. The van der Waals surface area contributed by atoms with E-state index in [4.69, 9.17) is 5.73 Å². The van der Waals surface area contributed by atoms with Crippen LogP contribution in [0.1, 0.15) is 26.5 Å². The third-order valence-electron chi connectivity index (χ3n) is 1.81. The minimum atomic E-state index is -0.225. The fourth-order valence-electron chi connectivity index (χ4n) is 1.01. The van der Waals surface area contributed by atoms with Crippen molar-refractivity contribution >= 4 is 5.82 Å². The smallest absolute Gasteiger partial charge is 0.129 e. The number of nitrogens with zero attached hydrogens (tertiary/aromatic N) is 2. The van der Waals surface area contributed by atoms with E-state index >= 15 is 0 Å². The molecule has 1 aromatic rings. The van der Waals surface area contributed by atoms with Gasteiger partial charge in [0.1, 0.15) is 12.1 Å². The molecule has 0 atom stereocenters. The zero-order valence-corrected chi connectivity index (χ0v) is 9.04. The topological polar surface area (TPSA) is 63.8 Å². The van der Waals surface area contributed by atoms with Gasteiger partial charge in [-0.05, 0) is 20.3 Å². The number of anilines is 1. The van der Waals surface area contributed by atoms with Gasteiger partial charge in [-0.25, -0.2) is 9.97 Å². The van der Waals surface area contributed by atoms with Crippen molar-refractivity contribution in [1.29, 1.82) is 0 Å². The Balaban J connectivity index is 2.59. The lowest BCUT2D eigenvalue weighted by Gasteiger charge is -2.19. The van der Waals surface area contributed by atoms with Crippen molar-refractivity contribution in [2.45, 2.75) is 32.7 Å². The Morgan fingerprint density at radius 3 is 2.71 bits per heavy atom. The Morgan fingerprint density at radius 1 is 1.43 bits per heavy atom. The van der Waals surface area contributed by atoms with Gasteiger partial charge in [0.2, 0.25) is 0 Å². The van der Waals surface area contributed by atoms with Crippen LogP contribution < -0.4 is 11.1 Å². The second-order valence-electron chi connectivity index (χ2n) is 4.09. The average molecular weight is 194 g/mol. The number of rotatable bonds is 4. The van der Waals surface area contributed by atoms with Gasteiger partial charge in [-0.1, -0.05) is 6.92 Å². The minimum absolute atomic E-state index is 0.225. The summed E-state index contributed by atoms with van der Waals surface area (Å²) in [5.41, 5.74) is 6.66. The molecule has 0 unspecified atom stereocenters. The molecule has 0 aliphatic rings. The summed E-state index contributed by atoms with van der Waals surface area (Å²) < 4.78 is 0. The molecule has 0 aromatic carbocycles. The maximum absolute atomic E-state index is 5.85. The Morgan fingerprint density at radius 2 is 2.14 bits per heavy atom. The third-order valence-corrected chi connectivity index (χ3v) is 1.81. The second-order valence-corrected chi connectivity index (χ2v) is 4.09. The van der Waals surface area contributed by atoms with Gasteiger partial charge in [-0.15, -0.1) is 0 Å². The van der Waals surface area contributed by atoms with Crippen molar-refractivity contribution in [3.63, 3.8) is 0 Å². The van der Waals surface area contributed by atoms with Crippen molar-refractivity contribution in [1.82, 2.24) is 9.97 Å². The number of hydrogen-bond donors (Lipinski definition) is 2. The highest BCUT2D eigenvalue weighted by atomic mass is 15.0. The molecule has 0 saturated carbocycles. The summed E-state index contributed by atoms with van der Waals surface area (Å²) in [4.78, 5) is 8.23. The van der Waals surface area contributed by atoms with E-state index in [9.17, 15) is 0 Å². The van der Waals surface area contributed by atoms with Crippen LogP contribution in [0, 0.1) is 0 Å². The van der Waals surface area contributed by atoms with Gasteiger partial charge < -0.3 is 11.1 Å². The van der Waals surface area contributed by atoms with Crippen LogP contribution in [0.15, 0.2) is 12.4 Å². The number of nitrogens with one attached hydrogen (secondary N) is 1. The quantitative estimate of drug-likeness (QED) is 0.755. The first kappa shape index (κ1) is 10.9.